The van der Waals surface area contributed by atoms with Gasteiger partial charge in [-0.25, -0.2) is 4.98 Å². The van der Waals surface area contributed by atoms with E-state index in [4.69, 9.17) is 10.5 Å². The van der Waals surface area contributed by atoms with E-state index in [1.807, 2.05) is 30.3 Å². The van der Waals surface area contributed by atoms with E-state index in [0.29, 0.717) is 18.7 Å². The summed E-state index contributed by atoms with van der Waals surface area (Å²) in [5, 5.41) is 2.93. The lowest BCUT2D eigenvalue weighted by Crippen LogP contribution is -2.41. The molecule has 1 aromatic carbocycles. The van der Waals surface area contributed by atoms with E-state index < -0.39 is 0 Å². The molecule has 7 nitrogen and oxygen atoms in total. The Bertz CT molecular complexity index is 821. The van der Waals surface area contributed by atoms with Crippen LogP contribution < -0.4 is 20.7 Å². The van der Waals surface area contributed by atoms with Gasteiger partial charge in [0.15, 0.2) is 0 Å². The third-order valence-electron chi connectivity index (χ3n) is 5.24. The lowest BCUT2D eigenvalue weighted by atomic mass is 9.97. The fourth-order valence-electron chi connectivity index (χ4n) is 3.51. The van der Waals surface area contributed by atoms with E-state index in [0.717, 1.165) is 43.8 Å². The number of primary amides is 1. The molecule has 0 aliphatic carbocycles. The van der Waals surface area contributed by atoms with Gasteiger partial charge in [-0.3, -0.25) is 9.59 Å². The number of ether oxygens (including phenoxy) is 1. The second-order valence-corrected chi connectivity index (χ2v) is 7.30. The van der Waals surface area contributed by atoms with Crippen molar-refractivity contribution in [1.82, 2.24) is 10.3 Å². The zero-order chi connectivity index (χ0) is 20.6. The molecule has 1 saturated heterocycles. The van der Waals surface area contributed by atoms with Gasteiger partial charge in [0.2, 0.25) is 5.91 Å². The van der Waals surface area contributed by atoms with Crippen molar-refractivity contribution in [3.63, 3.8) is 0 Å². The molecule has 7 heteroatoms. The monoisotopic (exact) mass is 396 g/mol. The molecule has 2 aromatic rings. The number of pyridine rings is 1. The molecule has 2 amide bonds. The number of aryl methyl sites for hydroxylation is 1. The molecule has 0 bridgehead atoms. The van der Waals surface area contributed by atoms with Gasteiger partial charge in [-0.15, -0.1) is 0 Å². The Morgan fingerprint density at radius 1 is 1.24 bits per heavy atom. The van der Waals surface area contributed by atoms with Gasteiger partial charge in [0.05, 0.1) is 18.6 Å². The molecule has 1 atom stereocenters. The Labute approximate surface area is 171 Å². The third kappa shape index (κ3) is 5.70. The smallest absolute Gasteiger partial charge is 0.252 e. The highest BCUT2D eigenvalue weighted by atomic mass is 16.5. The second kappa shape index (κ2) is 9.91. The minimum Gasteiger partial charge on any atom is -0.497 e. The summed E-state index contributed by atoms with van der Waals surface area (Å²) >= 11 is 0. The minimum atomic E-state index is -0.264. The van der Waals surface area contributed by atoms with Crippen molar-refractivity contribution in [2.24, 2.45) is 11.7 Å². The SMILES string of the molecule is COc1ccc(CCCNC(=O)c2ccc(N3CCC[C@H](C(N)=O)C3)nc2)cc1. The highest BCUT2D eigenvalue weighted by Gasteiger charge is 2.24. The van der Waals surface area contributed by atoms with Crippen LogP contribution >= 0.6 is 0 Å². The van der Waals surface area contributed by atoms with Crippen molar-refractivity contribution in [3.05, 3.63) is 53.7 Å². The zero-order valence-corrected chi connectivity index (χ0v) is 16.8. The van der Waals surface area contributed by atoms with Crippen molar-refractivity contribution in [2.75, 3.05) is 31.6 Å². The molecule has 1 aliphatic heterocycles. The number of carbonyl (C=O) groups is 2. The Morgan fingerprint density at radius 3 is 2.69 bits per heavy atom. The van der Waals surface area contributed by atoms with E-state index in [1.165, 1.54) is 5.56 Å². The van der Waals surface area contributed by atoms with Crippen LogP contribution in [0.5, 0.6) is 5.75 Å². The molecule has 154 valence electrons. The number of nitrogens with one attached hydrogen (secondary N) is 1. The first-order valence-corrected chi connectivity index (χ1v) is 9.98. The normalized spacial score (nSPS) is 16.3. The van der Waals surface area contributed by atoms with E-state index in [9.17, 15) is 9.59 Å². The molecular formula is C22H28N4O3. The first-order valence-electron chi connectivity index (χ1n) is 9.98. The van der Waals surface area contributed by atoms with Crippen molar-refractivity contribution in [1.29, 1.82) is 0 Å². The Kier molecular flexibility index (Phi) is 7.05. The highest BCUT2D eigenvalue weighted by molar-refractivity contribution is 5.94. The maximum atomic E-state index is 12.3. The number of aromatic nitrogens is 1. The highest BCUT2D eigenvalue weighted by Crippen LogP contribution is 2.21. The van der Waals surface area contributed by atoms with Crippen LogP contribution in [0.25, 0.3) is 0 Å². The van der Waals surface area contributed by atoms with Crippen LogP contribution in [-0.2, 0) is 11.2 Å². The maximum Gasteiger partial charge on any atom is 0.252 e. The Balaban J connectivity index is 1.45. The van der Waals surface area contributed by atoms with Gasteiger partial charge in [0.1, 0.15) is 11.6 Å². The van der Waals surface area contributed by atoms with Gasteiger partial charge in [-0.2, -0.15) is 0 Å². The number of benzene rings is 1. The van der Waals surface area contributed by atoms with Gasteiger partial charge in [-0.05, 0) is 55.5 Å². The molecule has 29 heavy (non-hydrogen) atoms. The standard InChI is InChI=1S/C22H28N4O3/c1-29-19-9-6-16(7-10-19)4-2-12-24-22(28)17-8-11-20(25-14-17)26-13-3-5-18(15-26)21(23)27/h6-11,14,18H,2-5,12-13,15H2,1H3,(H2,23,27)(H,24,28)/t18-/m0/s1. The lowest BCUT2D eigenvalue weighted by Gasteiger charge is -2.32. The topological polar surface area (TPSA) is 97.5 Å². The Morgan fingerprint density at radius 2 is 2.03 bits per heavy atom. The maximum absolute atomic E-state index is 12.3. The van der Waals surface area contributed by atoms with E-state index in [-0.39, 0.29) is 17.7 Å². The largest absolute Gasteiger partial charge is 0.497 e. The van der Waals surface area contributed by atoms with E-state index in [1.54, 1.807) is 19.4 Å². The predicted octanol–water partition coefficient (Wildman–Crippen LogP) is 2.15. The summed E-state index contributed by atoms with van der Waals surface area (Å²) in [5.41, 5.74) is 7.17. The molecule has 2 heterocycles. The quantitative estimate of drug-likeness (QED) is 0.667. The van der Waals surface area contributed by atoms with Gasteiger partial charge in [-0.1, -0.05) is 12.1 Å². The second-order valence-electron chi connectivity index (χ2n) is 7.30. The van der Waals surface area contributed by atoms with Gasteiger partial charge >= 0.3 is 0 Å². The van der Waals surface area contributed by atoms with Gasteiger partial charge in [0.25, 0.3) is 5.91 Å². The summed E-state index contributed by atoms with van der Waals surface area (Å²) in [5.74, 6) is 1.08. The molecule has 3 N–H and O–H groups in total. The lowest BCUT2D eigenvalue weighted by molar-refractivity contribution is -0.122. The molecule has 0 spiro atoms. The summed E-state index contributed by atoms with van der Waals surface area (Å²) < 4.78 is 5.15. The van der Waals surface area contributed by atoms with Crippen LogP contribution in [0, 0.1) is 5.92 Å². The van der Waals surface area contributed by atoms with Gasteiger partial charge in [0, 0.05) is 25.8 Å². The Hall–Kier alpha value is -3.09. The third-order valence-corrected chi connectivity index (χ3v) is 5.24. The number of nitrogens with zero attached hydrogens (tertiary/aromatic N) is 2. The predicted molar refractivity (Wildman–Crippen MR) is 112 cm³/mol. The van der Waals surface area contributed by atoms with Gasteiger partial charge < -0.3 is 20.7 Å². The number of rotatable bonds is 8. The number of hydrogen-bond donors (Lipinski definition) is 2. The van der Waals surface area contributed by atoms with Crippen LogP contribution in [0.4, 0.5) is 5.82 Å². The minimum absolute atomic E-state index is 0.132. The molecular weight excluding hydrogens is 368 g/mol. The molecule has 3 rings (SSSR count). The number of amides is 2. The van der Waals surface area contributed by atoms with Crippen molar-refractivity contribution >= 4 is 17.6 Å². The van der Waals surface area contributed by atoms with Crippen LogP contribution in [0.15, 0.2) is 42.6 Å². The molecule has 0 unspecified atom stereocenters. The number of nitrogens with two attached hydrogens (primary N) is 1. The number of carbonyl (C=O) groups excluding carboxylic acids is 2. The van der Waals surface area contributed by atoms with Crippen LogP contribution in [0.3, 0.4) is 0 Å². The summed E-state index contributed by atoms with van der Waals surface area (Å²) in [6.45, 7) is 2.02. The average molecular weight is 396 g/mol. The van der Waals surface area contributed by atoms with Crippen molar-refractivity contribution in [3.8, 4) is 5.75 Å². The number of hydrogen-bond acceptors (Lipinski definition) is 5. The first kappa shape index (κ1) is 20.6. The summed E-state index contributed by atoms with van der Waals surface area (Å²) in [7, 11) is 1.65. The fourth-order valence-corrected chi connectivity index (χ4v) is 3.51. The van der Waals surface area contributed by atoms with Crippen LogP contribution in [-0.4, -0.2) is 43.5 Å². The average Bonchev–Trinajstić information content (AvgIpc) is 2.77. The molecule has 0 radical (unpaired) electrons. The number of anilines is 1. The molecule has 1 aliphatic rings. The summed E-state index contributed by atoms with van der Waals surface area (Å²) in [4.78, 5) is 30.2. The van der Waals surface area contributed by atoms with E-state index >= 15 is 0 Å². The fraction of sp³-hybridized carbons (Fsp3) is 0.409. The molecule has 1 aromatic heterocycles. The molecule has 0 saturated carbocycles. The van der Waals surface area contributed by atoms with Crippen LogP contribution in [0.1, 0.15) is 35.2 Å². The first-order chi connectivity index (χ1) is 14.1. The van der Waals surface area contributed by atoms with Crippen molar-refractivity contribution < 1.29 is 14.3 Å². The van der Waals surface area contributed by atoms with Crippen LogP contribution in [0.2, 0.25) is 0 Å². The molecule has 1 fully saturated rings. The van der Waals surface area contributed by atoms with Crippen molar-refractivity contribution in [2.45, 2.75) is 25.7 Å². The zero-order valence-electron chi connectivity index (χ0n) is 16.8. The van der Waals surface area contributed by atoms with E-state index in [2.05, 4.69) is 15.2 Å². The summed E-state index contributed by atoms with van der Waals surface area (Å²) in [6.07, 6.45) is 5.06. The number of piperidine rings is 1. The summed E-state index contributed by atoms with van der Waals surface area (Å²) in [6, 6.07) is 11.5. The number of methoxy groups -OCH3 is 1.